The molecule has 0 saturated heterocycles. The Bertz CT molecular complexity index is 300. The van der Waals surface area contributed by atoms with Gasteiger partial charge in [0.15, 0.2) is 0 Å². The highest BCUT2D eigenvalue weighted by atomic mass is 79.9. The largest absolute Gasteiger partial charge is 0.309 e. The summed E-state index contributed by atoms with van der Waals surface area (Å²) in [7, 11) is 0. The summed E-state index contributed by atoms with van der Waals surface area (Å²) in [5, 5.41) is 5.43. The maximum absolute atomic E-state index is 5.32. The third-order valence-electron chi connectivity index (χ3n) is 1.73. The highest BCUT2D eigenvalue weighted by molar-refractivity contribution is 9.10. The molecule has 70 valence electrons. The molecule has 1 N–H and O–H groups in total. The van der Waals surface area contributed by atoms with Gasteiger partial charge in [0.25, 0.3) is 0 Å². The molecule has 3 heteroatoms. The van der Waals surface area contributed by atoms with E-state index in [4.69, 9.17) is 6.42 Å². The standard InChI is InChI=1S/C10H12BrNS/c1-3-5-9(12-4-2)10-8(11)6-7-13-10/h1,6-7,9,12H,4-5H2,2H3. The highest BCUT2D eigenvalue weighted by Gasteiger charge is 2.12. The van der Waals surface area contributed by atoms with Crippen molar-refractivity contribution in [3.63, 3.8) is 0 Å². The van der Waals surface area contributed by atoms with E-state index >= 15 is 0 Å². The van der Waals surface area contributed by atoms with Crippen molar-refractivity contribution in [1.82, 2.24) is 5.32 Å². The van der Waals surface area contributed by atoms with E-state index in [1.54, 1.807) is 11.3 Å². The van der Waals surface area contributed by atoms with Crippen molar-refractivity contribution in [2.75, 3.05) is 6.54 Å². The molecule has 0 radical (unpaired) electrons. The van der Waals surface area contributed by atoms with Crippen LogP contribution in [0.1, 0.15) is 24.3 Å². The molecule has 1 aromatic rings. The Hall–Kier alpha value is -0.300. The highest BCUT2D eigenvalue weighted by Crippen LogP contribution is 2.30. The average molecular weight is 258 g/mol. The van der Waals surface area contributed by atoms with Crippen LogP contribution in [0.3, 0.4) is 0 Å². The van der Waals surface area contributed by atoms with E-state index in [1.165, 1.54) is 4.88 Å². The fraction of sp³-hybridized carbons (Fsp3) is 0.400. The lowest BCUT2D eigenvalue weighted by molar-refractivity contribution is 0.572. The molecule has 1 atom stereocenters. The number of rotatable bonds is 4. The summed E-state index contributed by atoms with van der Waals surface area (Å²) in [6.07, 6.45) is 6.06. The molecule has 0 aromatic carbocycles. The maximum atomic E-state index is 5.32. The molecule has 0 fully saturated rings. The van der Waals surface area contributed by atoms with Gasteiger partial charge in [-0.15, -0.1) is 23.7 Å². The first kappa shape index (κ1) is 10.8. The van der Waals surface area contributed by atoms with Crippen LogP contribution < -0.4 is 5.32 Å². The Morgan fingerprint density at radius 3 is 3.00 bits per heavy atom. The lowest BCUT2D eigenvalue weighted by atomic mass is 10.2. The third-order valence-corrected chi connectivity index (χ3v) is 3.72. The van der Waals surface area contributed by atoms with E-state index in [9.17, 15) is 0 Å². The molecule has 0 saturated carbocycles. The third kappa shape index (κ3) is 2.84. The fourth-order valence-electron chi connectivity index (χ4n) is 1.18. The van der Waals surface area contributed by atoms with Crippen LogP contribution in [0.25, 0.3) is 0 Å². The summed E-state index contributed by atoms with van der Waals surface area (Å²) in [6.45, 7) is 3.03. The first-order valence-electron chi connectivity index (χ1n) is 4.19. The van der Waals surface area contributed by atoms with Gasteiger partial charge in [-0.3, -0.25) is 0 Å². The van der Waals surface area contributed by atoms with Crippen molar-refractivity contribution >= 4 is 27.3 Å². The summed E-state index contributed by atoms with van der Waals surface area (Å²) in [5.41, 5.74) is 0. The minimum Gasteiger partial charge on any atom is -0.309 e. The number of terminal acetylenes is 1. The van der Waals surface area contributed by atoms with Crippen LogP contribution in [0.15, 0.2) is 15.9 Å². The first-order valence-corrected chi connectivity index (χ1v) is 5.86. The molecule has 0 aliphatic rings. The number of halogens is 1. The molecule has 1 unspecified atom stereocenters. The molecule has 13 heavy (non-hydrogen) atoms. The zero-order chi connectivity index (χ0) is 9.68. The van der Waals surface area contributed by atoms with Crippen LogP contribution in [0.2, 0.25) is 0 Å². The molecule has 1 heterocycles. The van der Waals surface area contributed by atoms with Gasteiger partial charge in [0.1, 0.15) is 0 Å². The van der Waals surface area contributed by atoms with Gasteiger partial charge in [0.05, 0.1) is 6.04 Å². The van der Waals surface area contributed by atoms with Crippen molar-refractivity contribution in [1.29, 1.82) is 0 Å². The lowest BCUT2D eigenvalue weighted by Gasteiger charge is -2.13. The van der Waals surface area contributed by atoms with E-state index in [0.717, 1.165) is 17.4 Å². The van der Waals surface area contributed by atoms with Crippen LogP contribution in [-0.4, -0.2) is 6.54 Å². The van der Waals surface area contributed by atoms with Crippen molar-refractivity contribution in [2.24, 2.45) is 0 Å². The second-order valence-corrected chi connectivity index (χ2v) is 4.45. The van der Waals surface area contributed by atoms with Gasteiger partial charge < -0.3 is 5.32 Å². The first-order chi connectivity index (χ1) is 6.29. The molecule has 0 aliphatic carbocycles. The van der Waals surface area contributed by atoms with Gasteiger partial charge in [-0.2, -0.15) is 0 Å². The zero-order valence-electron chi connectivity index (χ0n) is 7.51. The second kappa shape index (κ2) is 5.43. The topological polar surface area (TPSA) is 12.0 Å². The van der Waals surface area contributed by atoms with Crippen molar-refractivity contribution in [3.8, 4) is 12.3 Å². The minimum atomic E-state index is 0.296. The summed E-state index contributed by atoms with van der Waals surface area (Å²) in [4.78, 5) is 1.29. The lowest BCUT2D eigenvalue weighted by Crippen LogP contribution is -2.19. The quantitative estimate of drug-likeness (QED) is 0.818. The van der Waals surface area contributed by atoms with E-state index < -0.39 is 0 Å². The fourth-order valence-corrected chi connectivity index (χ4v) is 2.90. The van der Waals surface area contributed by atoms with Crippen LogP contribution in [-0.2, 0) is 0 Å². The van der Waals surface area contributed by atoms with Crippen LogP contribution in [0.4, 0.5) is 0 Å². The van der Waals surface area contributed by atoms with Crippen LogP contribution in [0.5, 0.6) is 0 Å². The molecule has 0 aliphatic heterocycles. The van der Waals surface area contributed by atoms with Crippen molar-refractivity contribution in [3.05, 3.63) is 20.8 Å². The van der Waals surface area contributed by atoms with E-state index in [1.807, 2.05) is 0 Å². The summed E-state index contributed by atoms with van der Waals surface area (Å²) in [6, 6.07) is 2.35. The Labute approximate surface area is 91.7 Å². The van der Waals surface area contributed by atoms with Gasteiger partial charge in [-0.25, -0.2) is 0 Å². The van der Waals surface area contributed by atoms with Gasteiger partial charge in [-0.05, 0) is 33.9 Å². The van der Waals surface area contributed by atoms with Gasteiger partial charge in [-0.1, -0.05) is 6.92 Å². The molecule has 1 nitrogen and oxygen atoms in total. The molecular weight excluding hydrogens is 246 g/mol. The van der Waals surface area contributed by atoms with Gasteiger partial charge in [0.2, 0.25) is 0 Å². The number of nitrogens with one attached hydrogen (secondary N) is 1. The van der Waals surface area contributed by atoms with E-state index in [0.29, 0.717) is 6.04 Å². The van der Waals surface area contributed by atoms with E-state index in [2.05, 4.69) is 45.5 Å². The van der Waals surface area contributed by atoms with Crippen LogP contribution >= 0.6 is 27.3 Å². The Balaban J connectivity index is 2.76. The Morgan fingerprint density at radius 1 is 1.77 bits per heavy atom. The predicted octanol–water partition coefficient (Wildman–Crippen LogP) is 3.18. The molecule has 0 spiro atoms. The number of thiophene rings is 1. The van der Waals surface area contributed by atoms with Crippen molar-refractivity contribution < 1.29 is 0 Å². The summed E-state index contributed by atoms with van der Waals surface area (Å²) < 4.78 is 1.15. The number of hydrogen-bond acceptors (Lipinski definition) is 2. The normalized spacial score (nSPS) is 12.4. The van der Waals surface area contributed by atoms with E-state index in [-0.39, 0.29) is 0 Å². The molecule has 0 amide bonds. The summed E-state index contributed by atoms with van der Waals surface area (Å²) >= 11 is 5.24. The number of hydrogen-bond donors (Lipinski definition) is 1. The van der Waals surface area contributed by atoms with Crippen LogP contribution in [0, 0.1) is 12.3 Å². The SMILES string of the molecule is C#CCC(NCC)c1sccc1Br. The second-order valence-electron chi connectivity index (χ2n) is 2.65. The Morgan fingerprint density at radius 2 is 2.54 bits per heavy atom. The van der Waals surface area contributed by atoms with Crippen molar-refractivity contribution in [2.45, 2.75) is 19.4 Å². The molecule has 1 aromatic heterocycles. The zero-order valence-corrected chi connectivity index (χ0v) is 9.91. The van der Waals surface area contributed by atoms with Gasteiger partial charge in [0, 0.05) is 15.8 Å². The maximum Gasteiger partial charge on any atom is 0.0536 e. The van der Waals surface area contributed by atoms with Gasteiger partial charge >= 0.3 is 0 Å². The smallest absolute Gasteiger partial charge is 0.0536 e. The molecule has 1 rings (SSSR count). The monoisotopic (exact) mass is 257 g/mol. The molecule has 0 bridgehead atoms. The Kier molecular flexibility index (Phi) is 4.51. The average Bonchev–Trinajstić information content (AvgIpc) is 2.51. The minimum absolute atomic E-state index is 0.296. The predicted molar refractivity (Wildman–Crippen MR) is 61.9 cm³/mol. The summed E-state index contributed by atoms with van der Waals surface area (Å²) in [5.74, 6) is 2.69. The molecular formula is C10H12BrNS.